The van der Waals surface area contributed by atoms with Crippen molar-refractivity contribution in [3.8, 4) is 0 Å². The van der Waals surface area contributed by atoms with Gasteiger partial charge in [0.25, 0.3) is 0 Å². The molecule has 0 saturated heterocycles. The van der Waals surface area contributed by atoms with Crippen LogP contribution in [0, 0.1) is 0 Å². The van der Waals surface area contributed by atoms with Crippen molar-refractivity contribution in [1.29, 1.82) is 0 Å². The van der Waals surface area contributed by atoms with Crippen LogP contribution in [0.1, 0.15) is 5.56 Å². The molecule has 1 amide bonds. The van der Waals surface area contributed by atoms with Gasteiger partial charge in [0.05, 0.1) is 17.8 Å². The van der Waals surface area contributed by atoms with Crippen LogP contribution in [0.25, 0.3) is 0 Å². The average Bonchev–Trinajstić information content (AvgIpc) is 2.42. The summed E-state index contributed by atoms with van der Waals surface area (Å²) in [5.74, 6) is 0.0373. The highest BCUT2D eigenvalue weighted by atomic mass is 16.1. The summed E-state index contributed by atoms with van der Waals surface area (Å²) in [4.78, 5) is 13.1. The Hall–Kier alpha value is -1.71. The summed E-state index contributed by atoms with van der Waals surface area (Å²) in [5.41, 5.74) is 9.38. The fourth-order valence-corrected chi connectivity index (χ4v) is 1.67. The number of nitrogens with zero attached hydrogens (tertiary/aromatic N) is 1. The van der Waals surface area contributed by atoms with Gasteiger partial charge in [0.2, 0.25) is 5.91 Å². The van der Waals surface area contributed by atoms with Gasteiger partial charge in [-0.05, 0) is 17.7 Å². The third-order valence-corrected chi connectivity index (χ3v) is 2.36. The monoisotopic (exact) mass is 191 g/mol. The molecule has 1 aliphatic heterocycles. The zero-order valence-corrected chi connectivity index (χ0v) is 8.29. The Morgan fingerprint density at radius 2 is 2.14 bits per heavy atom. The van der Waals surface area contributed by atoms with Gasteiger partial charge in [0, 0.05) is 19.8 Å². The highest BCUT2D eigenvalue weighted by Crippen LogP contribution is 2.32. The van der Waals surface area contributed by atoms with Crippen LogP contribution in [-0.4, -0.2) is 20.0 Å². The molecule has 2 rings (SSSR count). The van der Waals surface area contributed by atoms with E-state index in [1.54, 1.807) is 0 Å². The van der Waals surface area contributed by atoms with Crippen LogP contribution in [0.2, 0.25) is 0 Å². The van der Waals surface area contributed by atoms with Crippen molar-refractivity contribution in [2.24, 2.45) is 0 Å². The third kappa shape index (κ3) is 1.28. The molecule has 4 nitrogen and oxygen atoms in total. The molecule has 3 N–H and O–H groups in total. The molecule has 14 heavy (non-hydrogen) atoms. The Kier molecular flexibility index (Phi) is 1.84. The number of rotatable bonds is 1. The molecule has 1 aromatic rings. The van der Waals surface area contributed by atoms with E-state index in [-0.39, 0.29) is 5.91 Å². The minimum atomic E-state index is 0.0373. The predicted molar refractivity (Wildman–Crippen MR) is 57.5 cm³/mol. The second-order valence-corrected chi connectivity index (χ2v) is 3.69. The van der Waals surface area contributed by atoms with Crippen molar-refractivity contribution in [1.82, 2.24) is 0 Å². The maximum atomic E-state index is 11.1. The van der Waals surface area contributed by atoms with E-state index >= 15 is 0 Å². The first-order chi connectivity index (χ1) is 6.58. The summed E-state index contributed by atoms with van der Waals surface area (Å²) in [6, 6.07) is 3.78. The average molecular weight is 191 g/mol. The first-order valence-corrected chi connectivity index (χ1v) is 4.47. The van der Waals surface area contributed by atoms with E-state index in [1.165, 1.54) is 0 Å². The van der Waals surface area contributed by atoms with E-state index in [1.807, 2.05) is 31.1 Å². The van der Waals surface area contributed by atoms with Crippen molar-refractivity contribution in [3.63, 3.8) is 0 Å². The molecule has 1 aliphatic rings. The maximum Gasteiger partial charge on any atom is 0.228 e. The van der Waals surface area contributed by atoms with Crippen LogP contribution in [0.4, 0.5) is 17.1 Å². The lowest BCUT2D eigenvalue weighted by molar-refractivity contribution is -0.115. The number of benzene rings is 1. The van der Waals surface area contributed by atoms with Crippen LogP contribution in [0.5, 0.6) is 0 Å². The highest BCUT2D eigenvalue weighted by Gasteiger charge is 2.19. The van der Waals surface area contributed by atoms with Crippen LogP contribution < -0.4 is 16.0 Å². The quantitative estimate of drug-likeness (QED) is 0.646. The number of carbonyl (C=O) groups is 1. The number of hydrogen-bond donors (Lipinski definition) is 2. The van der Waals surface area contributed by atoms with E-state index < -0.39 is 0 Å². The van der Waals surface area contributed by atoms with E-state index in [0.717, 1.165) is 16.9 Å². The van der Waals surface area contributed by atoms with Crippen molar-refractivity contribution < 1.29 is 4.79 Å². The van der Waals surface area contributed by atoms with Crippen LogP contribution in [0.3, 0.4) is 0 Å². The normalized spacial score (nSPS) is 13.7. The molecule has 0 saturated carbocycles. The van der Waals surface area contributed by atoms with Gasteiger partial charge in [-0.1, -0.05) is 0 Å². The minimum Gasteiger partial charge on any atom is -0.397 e. The van der Waals surface area contributed by atoms with Crippen molar-refractivity contribution in [3.05, 3.63) is 17.7 Å². The van der Waals surface area contributed by atoms with Crippen LogP contribution in [-0.2, 0) is 11.2 Å². The highest BCUT2D eigenvalue weighted by molar-refractivity contribution is 6.00. The molecule has 0 unspecified atom stereocenters. The standard InChI is InChI=1S/C10H13N3O/c1-13(2)9-5-8-6(3-7(9)11)4-10(14)12-8/h3,5H,4,11H2,1-2H3,(H,12,14). The Bertz CT molecular complexity index is 399. The molecule has 0 fully saturated rings. The van der Waals surface area contributed by atoms with E-state index in [2.05, 4.69) is 5.32 Å². The van der Waals surface area contributed by atoms with Gasteiger partial charge < -0.3 is 16.0 Å². The Morgan fingerprint density at radius 1 is 1.43 bits per heavy atom. The SMILES string of the molecule is CN(C)c1cc2c(cc1N)CC(=O)N2. The summed E-state index contributed by atoms with van der Waals surface area (Å²) >= 11 is 0. The lowest BCUT2D eigenvalue weighted by atomic mass is 10.1. The lowest BCUT2D eigenvalue weighted by Gasteiger charge is -2.16. The number of fused-ring (bicyclic) bond motifs is 1. The van der Waals surface area contributed by atoms with Gasteiger partial charge in [-0.15, -0.1) is 0 Å². The van der Waals surface area contributed by atoms with E-state index in [0.29, 0.717) is 12.1 Å². The minimum absolute atomic E-state index is 0.0373. The molecule has 0 spiro atoms. The van der Waals surface area contributed by atoms with Crippen molar-refractivity contribution >= 4 is 23.0 Å². The summed E-state index contributed by atoms with van der Waals surface area (Å²) in [6.45, 7) is 0. The van der Waals surface area contributed by atoms with Gasteiger partial charge in [-0.3, -0.25) is 4.79 Å². The second kappa shape index (κ2) is 2.90. The summed E-state index contributed by atoms with van der Waals surface area (Å²) in [6.07, 6.45) is 0.438. The molecule has 4 heteroatoms. The summed E-state index contributed by atoms with van der Waals surface area (Å²) in [5, 5.41) is 2.80. The molecule has 0 aliphatic carbocycles. The fourth-order valence-electron chi connectivity index (χ4n) is 1.67. The molecule has 0 bridgehead atoms. The van der Waals surface area contributed by atoms with Gasteiger partial charge in [0.1, 0.15) is 0 Å². The van der Waals surface area contributed by atoms with E-state index in [4.69, 9.17) is 5.73 Å². The lowest BCUT2D eigenvalue weighted by Crippen LogP contribution is -2.11. The first kappa shape index (κ1) is 8.87. The van der Waals surface area contributed by atoms with Gasteiger partial charge in [-0.2, -0.15) is 0 Å². The van der Waals surface area contributed by atoms with Gasteiger partial charge in [0.15, 0.2) is 0 Å². The van der Waals surface area contributed by atoms with Crippen molar-refractivity contribution in [2.75, 3.05) is 30.0 Å². The molecule has 1 aromatic carbocycles. The first-order valence-electron chi connectivity index (χ1n) is 4.47. The zero-order chi connectivity index (χ0) is 10.3. The van der Waals surface area contributed by atoms with Gasteiger partial charge in [-0.25, -0.2) is 0 Å². The Labute approximate surface area is 82.7 Å². The number of nitrogens with two attached hydrogens (primary N) is 1. The van der Waals surface area contributed by atoms with Gasteiger partial charge >= 0.3 is 0 Å². The topological polar surface area (TPSA) is 58.4 Å². The molecule has 0 radical (unpaired) electrons. The van der Waals surface area contributed by atoms with Crippen LogP contribution >= 0.6 is 0 Å². The molecular weight excluding hydrogens is 178 g/mol. The predicted octanol–water partition coefficient (Wildman–Crippen LogP) is 0.829. The van der Waals surface area contributed by atoms with Crippen molar-refractivity contribution in [2.45, 2.75) is 6.42 Å². The Morgan fingerprint density at radius 3 is 2.79 bits per heavy atom. The number of nitrogen functional groups attached to an aromatic ring is 1. The maximum absolute atomic E-state index is 11.1. The molecule has 0 aromatic heterocycles. The smallest absolute Gasteiger partial charge is 0.228 e. The van der Waals surface area contributed by atoms with Crippen LogP contribution in [0.15, 0.2) is 12.1 Å². The van der Waals surface area contributed by atoms with E-state index in [9.17, 15) is 4.79 Å². The largest absolute Gasteiger partial charge is 0.397 e. The molecule has 74 valence electrons. The number of amides is 1. The second-order valence-electron chi connectivity index (χ2n) is 3.69. The Balaban J connectivity index is 2.50. The fraction of sp³-hybridized carbons (Fsp3) is 0.300. The third-order valence-electron chi connectivity index (χ3n) is 2.36. The summed E-state index contributed by atoms with van der Waals surface area (Å²) < 4.78 is 0. The molecule has 1 heterocycles. The molecular formula is C10H13N3O. The number of carbonyl (C=O) groups excluding carboxylic acids is 1. The number of nitrogens with one attached hydrogen (secondary N) is 1. The molecule has 0 atom stereocenters. The zero-order valence-electron chi connectivity index (χ0n) is 8.29. The summed E-state index contributed by atoms with van der Waals surface area (Å²) in [7, 11) is 3.85. The number of hydrogen-bond acceptors (Lipinski definition) is 3. The number of anilines is 3.